The van der Waals surface area contributed by atoms with Crippen molar-refractivity contribution in [3.8, 4) is 11.5 Å². The van der Waals surface area contributed by atoms with Crippen molar-refractivity contribution in [2.24, 2.45) is 5.92 Å². The minimum atomic E-state index is -0.329. The van der Waals surface area contributed by atoms with E-state index >= 15 is 0 Å². The maximum absolute atomic E-state index is 10.4. The van der Waals surface area contributed by atoms with E-state index in [1.807, 2.05) is 12.1 Å². The standard InChI is InChI=1S/C18H21N3O3/c22-16-12-21(11-14(16)8-15-9-19-3-4-20-15)10-13-1-2-17-18(7-13)24-6-5-23-17/h1-4,7,9,14,16,22H,5-6,8,10-12H2/t14-,16-/m1/s1. The van der Waals surface area contributed by atoms with Crippen LogP contribution in [-0.4, -0.2) is 52.4 Å². The van der Waals surface area contributed by atoms with Crippen molar-refractivity contribution >= 4 is 0 Å². The molecule has 1 aromatic carbocycles. The zero-order valence-corrected chi connectivity index (χ0v) is 13.5. The lowest BCUT2D eigenvalue weighted by atomic mass is 10.0. The number of hydrogen-bond donors (Lipinski definition) is 1. The van der Waals surface area contributed by atoms with Gasteiger partial charge in [0.25, 0.3) is 0 Å². The summed E-state index contributed by atoms with van der Waals surface area (Å²) in [5.41, 5.74) is 2.11. The van der Waals surface area contributed by atoms with E-state index in [1.165, 1.54) is 5.56 Å². The first kappa shape index (κ1) is 15.4. The zero-order valence-electron chi connectivity index (χ0n) is 13.5. The molecule has 0 spiro atoms. The number of aliphatic hydroxyl groups excluding tert-OH is 1. The summed E-state index contributed by atoms with van der Waals surface area (Å²) in [5.74, 6) is 1.82. The number of aliphatic hydroxyl groups is 1. The highest BCUT2D eigenvalue weighted by Gasteiger charge is 2.31. The van der Waals surface area contributed by atoms with E-state index < -0.39 is 0 Å². The Morgan fingerprint density at radius 2 is 2.00 bits per heavy atom. The second-order valence-corrected chi connectivity index (χ2v) is 6.40. The van der Waals surface area contributed by atoms with Gasteiger partial charge in [0.2, 0.25) is 0 Å². The third kappa shape index (κ3) is 3.34. The Kier molecular flexibility index (Phi) is 4.32. The molecule has 0 unspecified atom stereocenters. The zero-order chi connectivity index (χ0) is 16.4. The number of fused-ring (bicyclic) bond motifs is 1. The van der Waals surface area contributed by atoms with Gasteiger partial charge in [0.05, 0.1) is 11.8 Å². The molecule has 1 aromatic heterocycles. The number of aromatic nitrogens is 2. The summed E-state index contributed by atoms with van der Waals surface area (Å²) in [5, 5.41) is 10.4. The van der Waals surface area contributed by atoms with Gasteiger partial charge in [-0.1, -0.05) is 6.07 Å². The van der Waals surface area contributed by atoms with E-state index in [1.54, 1.807) is 18.6 Å². The molecular formula is C18H21N3O3. The minimum Gasteiger partial charge on any atom is -0.486 e. The summed E-state index contributed by atoms with van der Waals surface area (Å²) in [6.07, 6.45) is 5.57. The van der Waals surface area contributed by atoms with Crippen molar-refractivity contribution < 1.29 is 14.6 Å². The van der Waals surface area contributed by atoms with Gasteiger partial charge >= 0.3 is 0 Å². The number of hydrogen-bond acceptors (Lipinski definition) is 6. The fourth-order valence-electron chi connectivity index (χ4n) is 3.42. The second-order valence-electron chi connectivity index (χ2n) is 6.40. The van der Waals surface area contributed by atoms with Crippen molar-refractivity contribution in [2.75, 3.05) is 26.3 Å². The summed E-state index contributed by atoms with van der Waals surface area (Å²) in [6.45, 7) is 3.53. The lowest BCUT2D eigenvalue weighted by Gasteiger charge is -2.20. The largest absolute Gasteiger partial charge is 0.486 e. The lowest BCUT2D eigenvalue weighted by Crippen LogP contribution is -2.22. The molecule has 6 heteroatoms. The van der Waals surface area contributed by atoms with E-state index in [9.17, 15) is 5.11 Å². The Morgan fingerprint density at radius 1 is 1.12 bits per heavy atom. The first-order chi connectivity index (χ1) is 11.8. The monoisotopic (exact) mass is 327 g/mol. The van der Waals surface area contributed by atoms with E-state index in [-0.39, 0.29) is 12.0 Å². The molecule has 2 aliphatic rings. The number of ether oxygens (including phenoxy) is 2. The maximum atomic E-state index is 10.4. The molecular weight excluding hydrogens is 306 g/mol. The molecule has 1 N–H and O–H groups in total. The molecule has 24 heavy (non-hydrogen) atoms. The molecule has 0 saturated carbocycles. The van der Waals surface area contributed by atoms with E-state index in [0.29, 0.717) is 19.8 Å². The van der Waals surface area contributed by atoms with E-state index in [0.717, 1.165) is 36.7 Å². The molecule has 0 amide bonds. The summed E-state index contributed by atoms with van der Waals surface area (Å²) >= 11 is 0. The molecule has 1 fully saturated rings. The highest BCUT2D eigenvalue weighted by Crippen LogP contribution is 2.32. The van der Waals surface area contributed by atoms with Gasteiger partial charge in [0.1, 0.15) is 13.2 Å². The average Bonchev–Trinajstić information content (AvgIpc) is 2.95. The Labute approximate surface area is 141 Å². The van der Waals surface area contributed by atoms with E-state index in [2.05, 4.69) is 20.9 Å². The third-order valence-electron chi connectivity index (χ3n) is 4.58. The smallest absolute Gasteiger partial charge is 0.161 e. The van der Waals surface area contributed by atoms with Crippen molar-refractivity contribution in [3.05, 3.63) is 48.0 Å². The first-order valence-corrected chi connectivity index (χ1v) is 8.32. The van der Waals surface area contributed by atoms with Gasteiger partial charge in [-0.05, 0) is 24.1 Å². The predicted octanol–water partition coefficient (Wildman–Crippen LogP) is 1.28. The van der Waals surface area contributed by atoms with Crippen LogP contribution in [0.1, 0.15) is 11.3 Å². The summed E-state index contributed by atoms with van der Waals surface area (Å²) in [7, 11) is 0. The van der Waals surface area contributed by atoms with Crippen LogP contribution in [0, 0.1) is 5.92 Å². The molecule has 126 valence electrons. The quantitative estimate of drug-likeness (QED) is 0.912. The Bertz CT molecular complexity index is 695. The van der Waals surface area contributed by atoms with E-state index in [4.69, 9.17) is 9.47 Å². The van der Waals surface area contributed by atoms with Crippen LogP contribution in [0.3, 0.4) is 0 Å². The van der Waals surface area contributed by atoms with Crippen molar-refractivity contribution in [2.45, 2.75) is 19.1 Å². The van der Waals surface area contributed by atoms with Crippen LogP contribution in [0.5, 0.6) is 11.5 Å². The summed E-state index contributed by atoms with van der Waals surface area (Å²) in [4.78, 5) is 10.7. The van der Waals surface area contributed by atoms with Crippen molar-refractivity contribution in [3.63, 3.8) is 0 Å². The minimum absolute atomic E-state index is 0.193. The number of nitrogens with zero attached hydrogens (tertiary/aromatic N) is 3. The Morgan fingerprint density at radius 3 is 2.83 bits per heavy atom. The van der Waals surface area contributed by atoms with Crippen LogP contribution in [0.15, 0.2) is 36.8 Å². The molecule has 1 saturated heterocycles. The third-order valence-corrected chi connectivity index (χ3v) is 4.58. The Hall–Kier alpha value is -2.18. The van der Waals surface area contributed by atoms with Crippen LogP contribution < -0.4 is 9.47 Å². The second kappa shape index (κ2) is 6.75. The first-order valence-electron chi connectivity index (χ1n) is 8.32. The van der Waals surface area contributed by atoms with Crippen LogP contribution >= 0.6 is 0 Å². The summed E-state index contributed by atoms with van der Waals surface area (Å²) in [6, 6.07) is 6.07. The maximum Gasteiger partial charge on any atom is 0.161 e. The Balaban J connectivity index is 1.39. The highest BCUT2D eigenvalue weighted by molar-refractivity contribution is 5.43. The van der Waals surface area contributed by atoms with Gasteiger partial charge < -0.3 is 14.6 Å². The molecule has 0 bridgehead atoms. The molecule has 0 radical (unpaired) electrons. The molecule has 0 aliphatic carbocycles. The number of likely N-dealkylation sites (tertiary alicyclic amines) is 1. The molecule has 6 nitrogen and oxygen atoms in total. The van der Waals surface area contributed by atoms with Crippen molar-refractivity contribution in [1.82, 2.24) is 14.9 Å². The number of β-amino-alcohol motifs (C(OH)–C–C–N with tert-alkyl or cyclic N) is 1. The number of rotatable bonds is 4. The molecule has 3 heterocycles. The molecule has 4 rings (SSSR count). The molecule has 2 aromatic rings. The predicted molar refractivity (Wildman–Crippen MR) is 87.9 cm³/mol. The normalized spacial score (nSPS) is 23.4. The lowest BCUT2D eigenvalue weighted by molar-refractivity contribution is 0.140. The fourth-order valence-corrected chi connectivity index (χ4v) is 3.42. The van der Waals surface area contributed by atoms with Crippen LogP contribution in [0.2, 0.25) is 0 Å². The fraction of sp³-hybridized carbons (Fsp3) is 0.444. The van der Waals surface area contributed by atoms with Gasteiger partial charge in [-0.3, -0.25) is 14.9 Å². The molecule has 2 atom stereocenters. The van der Waals surface area contributed by atoms with Gasteiger partial charge in [0, 0.05) is 44.1 Å². The molecule has 2 aliphatic heterocycles. The van der Waals surface area contributed by atoms with Gasteiger partial charge in [0.15, 0.2) is 11.5 Å². The van der Waals surface area contributed by atoms with Crippen LogP contribution in [0.4, 0.5) is 0 Å². The number of benzene rings is 1. The average molecular weight is 327 g/mol. The van der Waals surface area contributed by atoms with Gasteiger partial charge in [-0.25, -0.2) is 0 Å². The van der Waals surface area contributed by atoms with Gasteiger partial charge in [-0.15, -0.1) is 0 Å². The summed E-state index contributed by atoms with van der Waals surface area (Å²) < 4.78 is 11.2. The topological polar surface area (TPSA) is 67.7 Å². The van der Waals surface area contributed by atoms with Crippen LogP contribution in [-0.2, 0) is 13.0 Å². The van der Waals surface area contributed by atoms with Crippen LogP contribution in [0.25, 0.3) is 0 Å². The van der Waals surface area contributed by atoms with Gasteiger partial charge in [-0.2, -0.15) is 0 Å². The SMILES string of the molecule is O[C@@H]1CN(Cc2ccc3c(c2)OCCO3)C[C@H]1Cc1cnccn1. The highest BCUT2D eigenvalue weighted by atomic mass is 16.6. The van der Waals surface area contributed by atoms with Crippen molar-refractivity contribution in [1.29, 1.82) is 0 Å².